The van der Waals surface area contributed by atoms with Crippen molar-refractivity contribution >= 4 is 11.6 Å². The van der Waals surface area contributed by atoms with E-state index in [9.17, 15) is 4.79 Å². The molecule has 6 heteroatoms. The number of fused-ring (bicyclic) bond motifs is 1. The van der Waals surface area contributed by atoms with E-state index in [0.29, 0.717) is 19.8 Å². The third-order valence-electron chi connectivity index (χ3n) is 6.72. The minimum absolute atomic E-state index is 0.148. The summed E-state index contributed by atoms with van der Waals surface area (Å²) in [6.07, 6.45) is 2.98. The van der Waals surface area contributed by atoms with Crippen molar-refractivity contribution in [2.75, 3.05) is 57.4 Å². The highest BCUT2D eigenvalue weighted by Crippen LogP contribution is 2.37. The van der Waals surface area contributed by atoms with E-state index in [4.69, 9.17) is 9.47 Å². The van der Waals surface area contributed by atoms with Crippen LogP contribution in [-0.2, 0) is 4.79 Å². The van der Waals surface area contributed by atoms with Crippen molar-refractivity contribution in [2.24, 2.45) is 0 Å². The number of amides is 1. The van der Waals surface area contributed by atoms with Crippen molar-refractivity contribution in [3.63, 3.8) is 0 Å². The lowest BCUT2D eigenvalue weighted by molar-refractivity contribution is -0.892. The smallest absolute Gasteiger partial charge is 0.278 e. The van der Waals surface area contributed by atoms with Crippen molar-refractivity contribution in [1.29, 1.82) is 0 Å². The molecule has 1 N–H and O–H groups in total. The van der Waals surface area contributed by atoms with E-state index in [1.54, 1.807) is 0 Å². The number of hydrogen-bond acceptors (Lipinski definition) is 4. The van der Waals surface area contributed by atoms with Crippen LogP contribution >= 0.6 is 0 Å². The Hall–Kier alpha value is -2.73. The number of carbonyl (C=O) groups excluding carboxylic acids is 1. The summed E-state index contributed by atoms with van der Waals surface area (Å²) in [4.78, 5) is 19.1. The summed E-state index contributed by atoms with van der Waals surface area (Å²) in [6.45, 7) is 6.82. The van der Waals surface area contributed by atoms with E-state index in [1.165, 1.54) is 16.2 Å². The van der Waals surface area contributed by atoms with E-state index < -0.39 is 0 Å². The fraction of sp³-hybridized carbons (Fsp3) is 0.480. The molecule has 31 heavy (non-hydrogen) atoms. The highest BCUT2D eigenvalue weighted by Gasteiger charge is 2.33. The molecule has 0 spiro atoms. The molecule has 1 amide bonds. The van der Waals surface area contributed by atoms with Crippen molar-refractivity contribution in [3.05, 3.63) is 54.1 Å². The molecule has 0 saturated carbocycles. The molecule has 0 aliphatic carbocycles. The Morgan fingerprint density at radius 3 is 2.52 bits per heavy atom. The number of nitrogens with zero attached hydrogens (tertiary/aromatic N) is 2. The molecule has 0 radical (unpaired) electrons. The molecule has 5 rings (SSSR count). The van der Waals surface area contributed by atoms with E-state index in [2.05, 4.69) is 52.3 Å². The maximum Gasteiger partial charge on any atom is 0.278 e. The maximum atomic E-state index is 13.2. The fourth-order valence-corrected chi connectivity index (χ4v) is 5.01. The second-order valence-electron chi connectivity index (χ2n) is 8.75. The van der Waals surface area contributed by atoms with Crippen LogP contribution in [0, 0.1) is 0 Å². The molecular formula is C25H32N3O3+. The summed E-state index contributed by atoms with van der Waals surface area (Å²) in [6, 6.07) is 16.9. The molecule has 2 fully saturated rings. The second kappa shape index (κ2) is 9.18. The van der Waals surface area contributed by atoms with Crippen LogP contribution < -0.4 is 19.3 Å². The molecule has 2 saturated heterocycles. The molecular weight excluding hydrogens is 390 g/mol. The normalized spacial score (nSPS) is 21.7. The SMILES string of the molecule is O=C(C[NH+]1CCN(c2ccccc2)CC1)N1CCC[C@@H]1c1ccc2c(c1)OCCCO2. The summed E-state index contributed by atoms with van der Waals surface area (Å²) in [5.74, 6) is 1.91. The molecule has 3 aliphatic heterocycles. The molecule has 0 bridgehead atoms. The number of quaternary nitrogens is 1. The number of likely N-dealkylation sites (tertiary alicyclic amines) is 1. The minimum atomic E-state index is 0.148. The van der Waals surface area contributed by atoms with Crippen LogP contribution in [0.3, 0.4) is 0 Å². The largest absolute Gasteiger partial charge is 0.490 e. The standard InChI is InChI=1S/C25H31N3O3/c29-25(19-26-12-14-27(15-13-26)21-6-2-1-3-7-21)28-11-4-8-22(28)20-9-10-23-24(18-20)31-17-5-16-30-23/h1-3,6-7,9-10,18,22H,4-5,8,11-17,19H2/p+1/t22-/m1/s1. The summed E-state index contributed by atoms with van der Waals surface area (Å²) in [5.41, 5.74) is 2.45. The zero-order valence-corrected chi connectivity index (χ0v) is 18.1. The average molecular weight is 423 g/mol. The lowest BCUT2D eigenvalue weighted by Gasteiger charge is -2.34. The number of piperazine rings is 1. The van der Waals surface area contributed by atoms with Crippen LogP contribution in [0.25, 0.3) is 0 Å². The Bertz CT molecular complexity index is 896. The average Bonchev–Trinajstić information content (AvgIpc) is 3.19. The van der Waals surface area contributed by atoms with Gasteiger partial charge in [0, 0.05) is 18.7 Å². The first-order valence-corrected chi connectivity index (χ1v) is 11.6. The van der Waals surface area contributed by atoms with Gasteiger partial charge in [0.2, 0.25) is 0 Å². The zero-order chi connectivity index (χ0) is 21.0. The molecule has 3 aliphatic rings. The zero-order valence-electron chi connectivity index (χ0n) is 18.1. The van der Waals surface area contributed by atoms with Gasteiger partial charge in [-0.05, 0) is 42.7 Å². The predicted molar refractivity (Wildman–Crippen MR) is 120 cm³/mol. The summed E-state index contributed by atoms with van der Waals surface area (Å²) in [7, 11) is 0. The molecule has 2 aromatic carbocycles. The van der Waals surface area contributed by atoms with Gasteiger partial charge in [-0.1, -0.05) is 24.3 Å². The Morgan fingerprint density at radius 1 is 0.935 bits per heavy atom. The van der Waals surface area contributed by atoms with Gasteiger partial charge in [0.15, 0.2) is 18.0 Å². The van der Waals surface area contributed by atoms with Crippen molar-refractivity contribution in [2.45, 2.75) is 25.3 Å². The van der Waals surface area contributed by atoms with Crippen molar-refractivity contribution in [3.8, 4) is 11.5 Å². The molecule has 0 aromatic heterocycles. The van der Waals surface area contributed by atoms with Crippen molar-refractivity contribution in [1.82, 2.24) is 4.90 Å². The van der Waals surface area contributed by atoms with Gasteiger partial charge in [-0.3, -0.25) is 4.79 Å². The molecule has 164 valence electrons. The summed E-state index contributed by atoms with van der Waals surface area (Å²) < 4.78 is 11.6. The van der Waals surface area contributed by atoms with Crippen LogP contribution in [0.1, 0.15) is 30.9 Å². The topological polar surface area (TPSA) is 46.5 Å². The Labute approximate surface area is 184 Å². The first-order chi connectivity index (χ1) is 15.3. The number of carbonyl (C=O) groups is 1. The van der Waals surface area contributed by atoms with Crippen LogP contribution in [0.4, 0.5) is 5.69 Å². The van der Waals surface area contributed by atoms with E-state index in [0.717, 1.165) is 63.5 Å². The highest BCUT2D eigenvalue weighted by atomic mass is 16.5. The monoisotopic (exact) mass is 422 g/mol. The molecule has 1 atom stereocenters. The number of rotatable bonds is 4. The van der Waals surface area contributed by atoms with Crippen LogP contribution in [0.15, 0.2) is 48.5 Å². The van der Waals surface area contributed by atoms with E-state index in [1.807, 2.05) is 6.07 Å². The van der Waals surface area contributed by atoms with Gasteiger partial charge in [-0.15, -0.1) is 0 Å². The first-order valence-electron chi connectivity index (χ1n) is 11.6. The van der Waals surface area contributed by atoms with E-state index in [-0.39, 0.29) is 11.9 Å². The highest BCUT2D eigenvalue weighted by molar-refractivity contribution is 5.78. The van der Waals surface area contributed by atoms with Gasteiger partial charge in [-0.2, -0.15) is 0 Å². The number of ether oxygens (including phenoxy) is 2. The number of anilines is 1. The van der Waals surface area contributed by atoms with Gasteiger partial charge in [0.05, 0.1) is 45.4 Å². The van der Waals surface area contributed by atoms with Gasteiger partial charge in [0.1, 0.15) is 0 Å². The molecule has 2 aromatic rings. The molecule has 6 nitrogen and oxygen atoms in total. The number of nitrogens with one attached hydrogen (secondary N) is 1. The van der Waals surface area contributed by atoms with Crippen LogP contribution in [-0.4, -0.2) is 63.3 Å². The maximum absolute atomic E-state index is 13.2. The molecule has 0 unspecified atom stereocenters. The fourth-order valence-electron chi connectivity index (χ4n) is 5.01. The quantitative estimate of drug-likeness (QED) is 0.818. The lowest BCUT2D eigenvalue weighted by atomic mass is 10.0. The number of benzene rings is 2. The minimum Gasteiger partial charge on any atom is -0.490 e. The Morgan fingerprint density at radius 2 is 1.71 bits per heavy atom. The van der Waals surface area contributed by atoms with Gasteiger partial charge >= 0.3 is 0 Å². The number of hydrogen-bond donors (Lipinski definition) is 1. The first kappa shape index (κ1) is 20.2. The number of para-hydroxylation sites is 1. The summed E-state index contributed by atoms with van der Waals surface area (Å²) >= 11 is 0. The summed E-state index contributed by atoms with van der Waals surface area (Å²) in [5, 5.41) is 0. The third-order valence-corrected chi connectivity index (χ3v) is 6.72. The second-order valence-corrected chi connectivity index (χ2v) is 8.75. The predicted octanol–water partition coefficient (Wildman–Crippen LogP) is 1.92. The lowest BCUT2D eigenvalue weighted by Crippen LogP contribution is -3.15. The Balaban J connectivity index is 1.20. The van der Waals surface area contributed by atoms with Gasteiger partial charge < -0.3 is 24.2 Å². The van der Waals surface area contributed by atoms with Crippen LogP contribution in [0.5, 0.6) is 11.5 Å². The van der Waals surface area contributed by atoms with Gasteiger partial charge in [0.25, 0.3) is 5.91 Å². The van der Waals surface area contributed by atoms with Gasteiger partial charge in [-0.25, -0.2) is 0 Å². The van der Waals surface area contributed by atoms with E-state index >= 15 is 0 Å². The van der Waals surface area contributed by atoms with Crippen LogP contribution in [0.2, 0.25) is 0 Å². The molecule has 3 heterocycles. The van der Waals surface area contributed by atoms with Crippen molar-refractivity contribution < 1.29 is 19.2 Å². The Kier molecular flexibility index (Phi) is 5.98. The third kappa shape index (κ3) is 4.49.